The molecule has 2 atom stereocenters. The Morgan fingerprint density at radius 1 is 1.39 bits per heavy atom. The second-order valence-electron chi connectivity index (χ2n) is 4.75. The van der Waals surface area contributed by atoms with Gasteiger partial charge in [0.05, 0.1) is 0 Å². The monoisotopic (exact) mass is 248 g/mol. The van der Waals surface area contributed by atoms with Gasteiger partial charge in [0.25, 0.3) is 0 Å². The van der Waals surface area contributed by atoms with Crippen molar-refractivity contribution in [1.29, 1.82) is 0 Å². The molecular weight excluding hydrogens is 228 g/mol. The first-order chi connectivity index (χ1) is 8.75. The topological polar surface area (TPSA) is 61.4 Å². The van der Waals surface area contributed by atoms with Crippen molar-refractivity contribution >= 4 is 5.97 Å². The van der Waals surface area contributed by atoms with Crippen LogP contribution in [0.25, 0.3) is 0 Å². The molecule has 0 aromatic heterocycles. The van der Waals surface area contributed by atoms with Gasteiger partial charge < -0.3 is 15.7 Å². The quantitative estimate of drug-likeness (QED) is 0.711. The second kappa shape index (κ2) is 6.52. The third-order valence-electron chi connectivity index (χ3n) is 3.43. The van der Waals surface area contributed by atoms with Crippen molar-refractivity contribution in [2.45, 2.75) is 37.9 Å². The van der Waals surface area contributed by atoms with E-state index in [0.717, 1.165) is 19.5 Å². The number of benzene rings is 1. The number of carbonyl (C=O) groups is 1. The minimum Gasteiger partial charge on any atom is -0.481 e. The van der Waals surface area contributed by atoms with E-state index in [4.69, 9.17) is 5.11 Å². The minimum absolute atomic E-state index is 0.237. The van der Waals surface area contributed by atoms with E-state index < -0.39 is 5.97 Å². The Balaban J connectivity index is 1.79. The van der Waals surface area contributed by atoms with Crippen LogP contribution in [0.2, 0.25) is 0 Å². The van der Waals surface area contributed by atoms with Gasteiger partial charge in [0, 0.05) is 25.0 Å². The maximum atomic E-state index is 10.6. The van der Waals surface area contributed by atoms with Gasteiger partial charge in [-0.25, -0.2) is 0 Å². The maximum absolute atomic E-state index is 10.6. The van der Waals surface area contributed by atoms with Gasteiger partial charge in [-0.1, -0.05) is 30.3 Å². The molecule has 0 saturated carbocycles. The average molecular weight is 248 g/mol. The largest absolute Gasteiger partial charge is 0.481 e. The molecule has 0 amide bonds. The fourth-order valence-corrected chi connectivity index (χ4v) is 2.44. The first kappa shape index (κ1) is 13.1. The van der Waals surface area contributed by atoms with Crippen LogP contribution in [0.3, 0.4) is 0 Å². The van der Waals surface area contributed by atoms with E-state index in [0.29, 0.717) is 12.5 Å². The molecule has 1 saturated heterocycles. The number of aliphatic carboxylic acids is 1. The van der Waals surface area contributed by atoms with Crippen LogP contribution in [0, 0.1) is 0 Å². The predicted molar refractivity (Wildman–Crippen MR) is 70.3 cm³/mol. The fraction of sp³-hybridized carbons (Fsp3) is 0.500. The normalized spacial score (nSPS) is 23.1. The smallest absolute Gasteiger partial charge is 0.303 e. The summed E-state index contributed by atoms with van der Waals surface area (Å²) in [6, 6.07) is 10.9. The third-order valence-corrected chi connectivity index (χ3v) is 3.43. The zero-order valence-electron chi connectivity index (χ0n) is 10.4. The summed E-state index contributed by atoms with van der Waals surface area (Å²) in [6.45, 7) is 1.81. The number of carboxylic acid groups (broad SMARTS) is 1. The molecule has 0 spiro atoms. The lowest BCUT2D eigenvalue weighted by molar-refractivity contribution is -0.137. The molecule has 1 fully saturated rings. The summed E-state index contributed by atoms with van der Waals surface area (Å²) in [4.78, 5) is 10.6. The zero-order chi connectivity index (χ0) is 12.8. The molecule has 1 heterocycles. The summed E-state index contributed by atoms with van der Waals surface area (Å²) >= 11 is 0. The Morgan fingerprint density at radius 3 is 2.89 bits per heavy atom. The number of nitrogens with one attached hydrogen (secondary N) is 2. The third kappa shape index (κ3) is 3.82. The molecule has 4 nitrogen and oxygen atoms in total. The van der Waals surface area contributed by atoms with Crippen LogP contribution in [0.4, 0.5) is 0 Å². The summed E-state index contributed by atoms with van der Waals surface area (Å²) in [7, 11) is 0. The number of carboxylic acids is 1. The molecule has 3 N–H and O–H groups in total. The minimum atomic E-state index is -0.717. The zero-order valence-corrected chi connectivity index (χ0v) is 10.4. The molecule has 1 aliphatic heterocycles. The predicted octanol–water partition coefficient (Wildman–Crippen LogP) is 1.37. The van der Waals surface area contributed by atoms with Crippen LogP contribution in [-0.4, -0.2) is 29.7 Å². The van der Waals surface area contributed by atoms with Crippen molar-refractivity contribution in [2.24, 2.45) is 0 Å². The highest BCUT2D eigenvalue weighted by Crippen LogP contribution is 2.13. The van der Waals surface area contributed by atoms with Crippen molar-refractivity contribution in [3.05, 3.63) is 35.9 Å². The van der Waals surface area contributed by atoms with E-state index in [1.807, 2.05) is 18.2 Å². The average Bonchev–Trinajstić information content (AvgIpc) is 2.82. The van der Waals surface area contributed by atoms with Crippen molar-refractivity contribution < 1.29 is 9.90 Å². The SMILES string of the molecule is O=C(O)CC[C@H]1NCC[C@@H]1NCc1ccccc1. The van der Waals surface area contributed by atoms with Gasteiger partial charge in [-0.15, -0.1) is 0 Å². The molecule has 0 unspecified atom stereocenters. The second-order valence-corrected chi connectivity index (χ2v) is 4.75. The molecule has 1 aliphatic rings. The Labute approximate surface area is 107 Å². The van der Waals surface area contributed by atoms with Gasteiger partial charge in [0.1, 0.15) is 0 Å². The molecule has 4 heteroatoms. The lowest BCUT2D eigenvalue weighted by Crippen LogP contribution is -2.40. The van der Waals surface area contributed by atoms with E-state index in [1.54, 1.807) is 0 Å². The molecule has 1 aromatic rings. The van der Waals surface area contributed by atoms with Gasteiger partial charge in [-0.3, -0.25) is 4.79 Å². The highest BCUT2D eigenvalue weighted by Gasteiger charge is 2.26. The molecule has 98 valence electrons. The number of hydrogen-bond donors (Lipinski definition) is 3. The van der Waals surface area contributed by atoms with Crippen LogP contribution < -0.4 is 10.6 Å². The molecular formula is C14H20N2O2. The first-order valence-corrected chi connectivity index (χ1v) is 6.48. The first-order valence-electron chi connectivity index (χ1n) is 6.48. The lowest BCUT2D eigenvalue weighted by Gasteiger charge is -2.20. The fourth-order valence-electron chi connectivity index (χ4n) is 2.44. The molecule has 18 heavy (non-hydrogen) atoms. The summed E-state index contributed by atoms with van der Waals surface area (Å²) in [5, 5.41) is 15.6. The summed E-state index contributed by atoms with van der Waals surface area (Å²) < 4.78 is 0. The highest BCUT2D eigenvalue weighted by atomic mass is 16.4. The molecule has 0 aliphatic carbocycles. The van der Waals surface area contributed by atoms with Crippen molar-refractivity contribution in [2.75, 3.05) is 6.54 Å². The maximum Gasteiger partial charge on any atom is 0.303 e. The number of hydrogen-bond acceptors (Lipinski definition) is 3. The van der Waals surface area contributed by atoms with E-state index in [2.05, 4.69) is 22.8 Å². The Morgan fingerprint density at radius 2 is 2.17 bits per heavy atom. The van der Waals surface area contributed by atoms with Crippen molar-refractivity contribution in [1.82, 2.24) is 10.6 Å². The van der Waals surface area contributed by atoms with Crippen molar-refractivity contribution in [3.63, 3.8) is 0 Å². The molecule has 2 rings (SSSR count). The number of rotatable bonds is 6. The van der Waals surface area contributed by atoms with Crippen LogP contribution >= 0.6 is 0 Å². The van der Waals surface area contributed by atoms with Crippen LogP contribution in [-0.2, 0) is 11.3 Å². The van der Waals surface area contributed by atoms with Crippen LogP contribution in [0.5, 0.6) is 0 Å². The van der Waals surface area contributed by atoms with E-state index in [-0.39, 0.29) is 12.5 Å². The van der Waals surface area contributed by atoms with Gasteiger partial charge in [-0.05, 0) is 24.9 Å². The van der Waals surface area contributed by atoms with Gasteiger partial charge in [-0.2, -0.15) is 0 Å². The van der Waals surface area contributed by atoms with E-state index in [1.165, 1.54) is 5.56 Å². The standard InChI is InChI=1S/C14H20N2O2/c17-14(18)7-6-12-13(8-9-15-12)16-10-11-4-2-1-3-5-11/h1-5,12-13,15-16H,6-10H2,(H,17,18)/t12-,13+/m1/s1. The summed E-state index contributed by atoms with van der Waals surface area (Å²) in [5.41, 5.74) is 1.27. The molecule has 0 radical (unpaired) electrons. The molecule has 1 aromatic carbocycles. The van der Waals surface area contributed by atoms with Crippen molar-refractivity contribution in [3.8, 4) is 0 Å². The van der Waals surface area contributed by atoms with E-state index in [9.17, 15) is 4.79 Å². The van der Waals surface area contributed by atoms with Crippen LogP contribution in [0.15, 0.2) is 30.3 Å². The van der Waals surface area contributed by atoms with Crippen LogP contribution in [0.1, 0.15) is 24.8 Å². The Kier molecular flexibility index (Phi) is 4.73. The Hall–Kier alpha value is -1.39. The Bertz CT molecular complexity index is 381. The molecule has 0 bridgehead atoms. The van der Waals surface area contributed by atoms with E-state index >= 15 is 0 Å². The highest BCUT2D eigenvalue weighted by molar-refractivity contribution is 5.66. The van der Waals surface area contributed by atoms with Gasteiger partial charge in [0.15, 0.2) is 0 Å². The summed E-state index contributed by atoms with van der Waals surface area (Å²) in [6.07, 6.45) is 2.00. The summed E-state index contributed by atoms with van der Waals surface area (Å²) in [5.74, 6) is -0.717. The lowest BCUT2D eigenvalue weighted by atomic mass is 10.0. The van der Waals surface area contributed by atoms with Gasteiger partial charge >= 0.3 is 5.97 Å². The van der Waals surface area contributed by atoms with Gasteiger partial charge in [0.2, 0.25) is 0 Å².